The lowest BCUT2D eigenvalue weighted by Crippen LogP contribution is -2.25. The lowest BCUT2D eigenvalue weighted by molar-refractivity contribution is 0.581. The molecule has 0 heterocycles. The average Bonchev–Trinajstić information content (AvgIpc) is 2.28. The Morgan fingerprint density at radius 1 is 1.41 bits per heavy atom. The van der Waals surface area contributed by atoms with Gasteiger partial charge in [-0.25, -0.2) is 13.1 Å². The molecular weight excluding hydrogens is 258 g/mol. The summed E-state index contributed by atoms with van der Waals surface area (Å²) < 4.78 is 26.5. The third-order valence-corrected chi connectivity index (χ3v) is 4.12. The van der Waals surface area contributed by atoms with Crippen LogP contribution in [0.25, 0.3) is 0 Å². The number of benzene rings is 1. The summed E-state index contributed by atoms with van der Waals surface area (Å²) in [4.78, 5) is 0.241. The minimum Gasteiger partial charge on any atom is -0.211 e. The van der Waals surface area contributed by atoms with Crippen LogP contribution in [0.1, 0.15) is 18.9 Å². The predicted octanol–water partition coefficient (Wildman–Crippen LogP) is 2.89. The van der Waals surface area contributed by atoms with Crippen LogP contribution in [0.15, 0.2) is 35.2 Å². The van der Waals surface area contributed by atoms with Crippen molar-refractivity contribution in [1.82, 2.24) is 4.72 Å². The van der Waals surface area contributed by atoms with Gasteiger partial charge in [-0.2, -0.15) is 0 Å². The summed E-state index contributed by atoms with van der Waals surface area (Å²) in [6, 6.07) is 4.84. The van der Waals surface area contributed by atoms with Crippen molar-refractivity contribution < 1.29 is 8.42 Å². The monoisotopic (exact) mass is 273 g/mol. The minimum absolute atomic E-state index is 0.241. The molecule has 0 fully saturated rings. The molecule has 0 unspecified atom stereocenters. The zero-order valence-corrected chi connectivity index (χ0v) is 11.5. The summed E-state index contributed by atoms with van der Waals surface area (Å²) in [5, 5.41) is 0.421. The zero-order valence-electron chi connectivity index (χ0n) is 9.90. The Labute approximate surface area is 108 Å². The van der Waals surface area contributed by atoms with Crippen LogP contribution < -0.4 is 4.72 Å². The molecule has 0 aliphatic heterocycles. The molecule has 5 heteroatoms. The first kappa shape index (κ1) is 14.2. The largest absolute Gasteiger partial charge is 0.240 e. The standard InChI is InChI=1S/C12H16ClNO2S/c1-3-4-5-8-14-17(15,16)12-9-11(13)7-6-10(12)2/h3-4,6-7,9,14H,5,8H2,1-2H3/b4-3+. The highest BCUT2D eigenvalue weighted by Gasteiger charge is 2.16. The van der Waals surface area contributed by atoms with Gasteiger partial charge in [0.1, 0.15) is 0 Å². The van der Waals surface area contributed by atoms with Crippen molar-refractivity contribution in [2.45, 2.75) is 25.2 Å². The summed E-state index contributed by atoms with van der Waals surface area (Å²) in [5.74, 6) is 0. The third kappa shape index (κ3) is 4.15. The highest BCUT2D eigenvalue weighted by Crippen LogP contribution is 2.19. The van der Waals surface area contributed by atoms with Gasteiger partial charge in [-0.15, -0.1) is 0 Å². The van der Waals surface area contributed by atoms with E-state index < -0.39 is 10.0 Å². The van der Waals surface area contributed by atoms with Gasteiger partial charge in [0.25, 0.3) is 0 Å². The predicted molar refractivity (Wildman–Crippen MR) is 70.8 cm³/mol. The van der Waals surface area contributed by atoms with Crippen LogP contribution in [-0.4, -0.2) is 15.0 Å². The second-order valence-corrected chi connectivity index (χ2v) is 5.84. The van der Waals surface area contributed by atoms with Gasteiger partial charge in [-0.3, -0.25) is 0 Å². The Morgan fingerprint density at radius 3 is 2.76 bits per heavy atom. The van der Waals surface area contributed by atoms with Gasteiger partial charge < -0.3 is 0 Å². The molecule has 3 nitrogen and oxygen atoms in total. The van der Waals surface area contributed by atoms with E-state index in [4.69, 9.17) is 11.6 Å². The van der Waals surface area contributed by atoms with Gasteiger partial charge in [0.05, 0.1) is 4.90 Å². The Hall–Kier alpha value is -0.840. The molecule has 1 aromatic carbocycles. The smallest absolute Gasteiger partial charge is 0.211 e. The highest BCUT2D eigenvalue weighted by atomic mass is 35.5. The number of sulfonamides is 1. The van der Waals surface area contributed by atoms with Gasteiger partial charge in [-0.1, -0.05) is 29.8 Å². The molecule has 0 atom stereocenters. The highest BCUT2D eigenvalue weighted by molar-refractivity contribution is 7.89. The molecule has 1 N–H and O–H groups in total. The van der Waals surface area contributed by atoms with E-state index in [0.29, 0.717) is 23.6 Å². The maximum Gasteiger partial charge on any atom is 0.240 e. The summed E-state index contributed by atoms with van der Waals surface area (Å²) >= 11 is 5.80. The van der Waals surface area contributed by atoms with Crippen molar-refractivity contribution in [2.75, 3.05) is 6.54 Å². The Kier molecular flexibility index (Phi) is 5.18. The molecule has 0 aliphatic carbocycles. The summed E-state index contributed by atoms with van der Waals surface area (Å²) in [7, 11) is -3.46. The second kappa shape index (κ2) is 6.19. The van der Waals surface area contributed by atoms with Gasteiger partial charge in [-0.05, 0) is 38.0 Å². The van der Waals surface area contributed by atoms with Gasteiger partial charge >= 0.3 is 0 Å². The molecule has 0 saturated carbocycles. The van der Waals surface area contributed by atoms with Crippen molar-refractivity contribution in [1.29, 1.82) is 0 Å². The minimum atomic E-state index is -3.46. The van der Waals surface area contributed by atoms with E-state index in [1.54, 1.807) is 19.1 Å². The summed E-state index contributed by atoms with van der Waals surface area (Å²) in [5.41, 5.74) is 0.688. The fourth-order valence-electron chi connectivity index (χ4n) is 1.38. The van der Waals surface area contributed by atoms with E-state index in [0.717, 1.165) is 0 Å². The third-order valence-electron chi connectivity index (χ3n) is 2.28. The van der Waals surface area contributed by atoms with Crippen molar-refractivity contribution in [3.63, 3.8) is 0 Å². The van der Waals surface area contributed by atoms with Gasteiger partial charge in [0.2, 0.25) is 10.0 Å². The van der Waals surface area contributed by atoms with Crippen molar-refractivity contribution >= 4 is 21.6 Å². The Balaban J connectivity index is 2.86. The SMILES string of the molecule is C/C=C/CCNS(=O)(=O)c1cc(Cl)ccc1C. The quantitative estimate of drug-likeness (QED) is 0.662. The Bertz CT molecular complexity index is 509. The molecule has 94 valence electrons. The fraction of sp³-hybridized carbons (Fsp3) is 0.333. The van der Waals surface area contributed by atoms with Crippen LogP contribution in [0, 0.1) is 6.92 Å². The van der Waals surface area contributed by atoms with Crippen molar-refractivity contribution in [2.24, 2.45) is 0 Å². The molecule has 0 aliphatic rings. The average molecular weight is 274 g/mol. The van der Waals surface area contributed by atoms with Gasteiger partial charge in [0, 0.05) is 11.6 Å². The first-order chi connectivity index (χ1) is 7.97. The van der Waals surface area contributed by atoms with Crippen LogP contribution in [0.2, 0.25) is 5.02 Å². The lowest BCUT2D eigenvalue weighted by atomic mass is 10.2. The van der Waals surface area contributed by atoms with E-state index in [1.807, 2.05) is 19.1 Å². The molecule has 0 saturated heterocycles. The molecule has 0 spiro atoms. The number of halogens is 1. The number of hydrogen-bond acceptors (Lipinski definition) is 2. The number of hydrogen-bond donors (Lipinski definition) is 1. The lowest BCUT2D eigenvalue weighted by Gasteiger charge is -2.08. The topological polar surface area (TPSA) is 46.2 Å². The maximum atomic E-state index is 12.0. The van der Waals surface area contributed by atoms with Crippen LogP contribution in [-0.2, 0) is 10.0 Å². The number of allylic oxidation sites excluding steroid dienone is 1. The first-order valence-electron chi connectivity index (χ1n) is 5.34. The van der Waals surface area contributed by atoms with Crippen LogP contribution in [0.4, 0.5) is 0 Å². The van der Waals surface area contributed by atoms with Crippen LogP contribution in [0.3, 0.4) is 0 Å². The summed E-state index contributed by atoms with van der Waals surface area (Å²) in [6.07, 6.45) is 4.47. The molecule has 1 rings (SSSR count). The van der Waals surface area contributed by atoms with Crippen molar-refractivity contribution in [3.05, 3.63) is 40.9 Å². The van der Waals surface area contributed by atoms with E-state index >= 15 is 0 Å². The van der Waals surface area contributed by atoms with Crippen LogP contribution >= 0.6 is 11.6 Å². The fourth-order valence-corrected chi connectivity index (χ4v) is 2.94. The van der Waals surface area contributed by atoms with E-state index in [9.17, 15) is 8.42 Å². The normalized spacial score (nSPS) is 12.2. The summed E-state index contributed by atoms with van der Waals surface area (Å²) in [6.45, 7) is 4.03. The Morgan fingerprint density at radius 2 is 2.12 bits per heavy atom. The molecular formula is C12H16ClNO2S. The molecule has 0 amide bonds. The number of nitrogens with one attached hydrogen (secondary N) is 1. The molecule has 17 heavy (non-hydrogen) atoms. The number of aryl methyl sites for hydroxylation is 1. The van der Waals surface area contributed by atoms with E-state index in [-0.39, 0.29) is 4.90 Å². The van der Waals surface area contributed by atoms with E-state index in [1.165, 1.54) is 6.07 Å². The molecule has 1 aromatic rings. The zero-order chi connectivity index (χ0) is 12.9. The van der Waals surface area contributed by atoms with Crippen LogP contribution in [0.5, 0.6) is 0 Å². The van der Waals surface area contributed by atoms with E-state index in [2.05, 4.69) is 4.72 Å². The number of rotatable bonds is 5. The molecule has 0 bridgehead atoms. The molecule has 0 aromatic heterocycles. The maximum absolute atomic E-state index is 12.0. The second-order valence-electron chi connectivity index (χ2n) is 3.67. The van der Waals surface area contributed by atoms with Gasteiger partial charge in [0.15, 0.2) is 0 Å². The molecule has 0 radical (unpaired) electrons. The van der Waals surface area contributed by atoms with Crippen molar-refractivity contribution in [3.8, 4) is 0 Å². The first-order valence-corrected chi connectivity index (χ1v) is 7.20.